The van der Waals surface area contributed by atoms with E-state index in [1.807, 2.05) is 0 Å². The first-order valence-corrected chi connectivity index (χ1v) is 5.72. The van der Waals surface area contributed by atoms with Gasteiger partial charge in [-0.3, -0.25) is 4.79 Å². The number of amides is 1. The summed E-state index contributed by atoms with van der Waals surface area (Å²) in [6.07, 6.45) is 3.39. The number of rotatable bonds is 2. The van der Waals surface area contributed by atoms with E-state index in [0.29, 0.717) is 11.9 Å². The summed E-state index contributed by atoms with van der Waals surface area (Å²) >= 11 is 0. The van der Waals surface area contributed by atoms with Crippen molar-refractivity contribution in [2.75, 3.05) is 13.1 Å². The number of hydrogen-bond acceptors (Lipinski definition) is 2. The first-order valence-electron chi connectivity index (χ1n) is 5.72. The van der Waals surface area contributed by atoms with Gasteiger partial charge in [0.1, 0.15) is 0 Å². The molecule has 1 unspecified atom stereocenters. The Morgan fingerprint density at radius 3 is 2.40 bits per heavy atom. The fraction of sp³-hybridized carbons (Fsp3) is 0.909. The molecule has 0 aromatic carbocycles. The molecule has 1 amide bonds. The van der Waals surface area contributed by atoms with Gasteiger partial charge in [0.2, 0.25) is 5.91 Å². The second kappa shape index (κ2) is 3.63. The Labute approximate surface area is 96.8 Å². The fourth-order valence-electron chi connectivity index (χ4n) is 2.89. The molecular weight excluding hydrogens is 212 g/mol. The lowest BCUT2D eigenvalue weighted by Gasteiger charge is -2.36. The average Bonchev–Trinajstić information content (AvgIpc) is 2.62. The molecule has 2 saturated carbocycles. The molecule has 3 atom stereocenters. The van der Waals surface area contributed by atoms with Gasteiger partial charge in [0.15, 0.2) is 0 Å². The van der Waals surface area contributed by atoms with E-state index in [-0.39, 0.29) is 17.8 Å². The van der Waals surface area contributed by atoms with Crippen molar-refractivity contribution in [3.63, 3.8) is 0 Å². The fourth-order valence-corrected chi connectivity index (χ4v) is 2.89. The molecule has 1 heterocycles. The van der Waals surface area contributed by atoms with Crippen molar-refractivity contribution >= 4 is 18.3 Å². The maximum Gasteiger partial charge on any atom is 0.226 e. The second-order valence-corrected chi connectivity index (χ2v) is 5.40. The first kappa shape index (κ1) is 11.2. The number of piperidine rings is 1. The van der Waals surface area contributed by atoms with E-state index in [9.17, 15) is 4.79 Å². The lowest BCUT2D eigenvalue weighted by molar-refractivity contribution is -0.134. The van der Waals surface area contributed by atoms with Crippen LogP contribution in [0.3, 0.4) is 0 Å². The van der Waals surface area contributed by atoms with Crippen molar-refractivity contribution in [2.24, 2.45) is 17.3 Å². The molecule has 0 spiro atoms. The molecular formula is C11H19ClN2O. The van der Waals surface area contributed by atoms with E-state index in [0.717, 1.165) is 37.8 Å². The van der Waals surface area contributed by atoms with Crippen molar-refractivity contribution in [1.29, 1.82) is 0 Å². The van der Waals surface area contributed by atoms with E-state index >= 15 is 0 Å². The van der Waals surface area contributed by atoms with E-state index in [2.05, 4.69) is 17.6 Å². The van der Waals surface area contributed by atoms with E-state index in [1.54, 1.807) is 0 Å². The van der Waals surface area contributed by atoms with Gasteiger partial charge in [0.25, 0.3) is 0 Å². The van der Waals surface area contributed by atoms with Crippen LogP contribution >= 0.6 is 12.4 Å². The molecule has 2 N–H and O–H groups in total. The van der Waals surface area contributed by atoms with Crippen LogP contribution in [-0.4, -0.2) is 25.0 Å². The maximum atomic E-state index is 11.9. The molecule has 2 aliphatic carbocycles. The minimum absolute atomic E-state index is 0. The molecule has 0 bridgehead atoms. The zero-order valence-electron chi connectivity index (χ0n) is 9.08. The lowest BCUT2D eigenvalue weighted by Crippen LogP contribution is -2.45. The van der Waals surface area contributed by atoms with Gasteiger partial charge in [0.05, 0.1) is 0 Å². The summed E-state index contributed by atoms with van der Waals surface area (Å²) in [7, 11) is 0. The molecule has 15 heavy (non-hydrogen) atoms. The molecule has 1 saturated heterocycles. The molecule has 4 heteroatoms. The van der Waals surface area contributed by atoms with Gasteiger partial charge in [-0.25, -0.2) is 0 Å². The Morgan fingerprint density at radius 2 is 1.93 bits per heavy atom. The summed E-state index contributed by atoms with van der Waals surface area (Å²) in [6, 6.07) is 0.501. The number of carbonyl (C=O) groups is 1. The number of fused-ring (bicyclic) bond motifs is 1. The SMILES string of the molecule is CC1(C(=O)NC2[C@H]3CNC[C@@H]23)CCC1.Cl. The number of halogens is 1. The average molecular weight is 231 g/mol. The smallest absolute Gasteiger partial charge is 0.226 e. The molecule has 3 rings (SSSR count). The highest BCUT2D eigenvalue weighted by Crippen LogP contribution is 2.45. The molecule has 86 valence electrons. The first-order chi connectivity index (χ1) is 6.71. The van der Waals surface area contributed by atoms with Crippen LogP contribution < -0.4 is 10.6 Å². The van der Waals surface area contributed by atoms with Gasteiger partial charge in [-0.15, -0.1) is 12.4 Å². The minimum Gasteiger partial charge on any atom is -0.352 e. The third kappa shape index (κ3) is 1.66. The predicted molar refractivity (Wildman–Crippen MR) is 61.0 cm³/mol. The largest absolute Gasteiger partial charge is 0.352 e. The molecule has 3 aliphatic rings. The highest BCUT2D eigenvalue weighted by atomic mass is 35.5. The summed E-state index contributed by atoms with van der Waals surface area (Å²) < 4.78 is 0. The van der Waals surface area contributed by atoms with Gasteiger partial charge >= 0.3 is 0 Å². The quantitative estimate of drug-likeness (QED) is 0.741. The number of carbonyl (C=O) groups excluding carboxylic acids is 1. The Morgan fingerprint density at radius 1 is 1.33 bits per heavy atom. The van der Waals surface area contributed by atoms with Gasteiger partial charge in [0, 0.05) is 24.5 Å². The van der Waals surface area contributed by atoms with E-state index < -0.39 is 0 Å². The number of hydrogen-bond donors (Lipinski definition) is 2. The van der Waals surface area contributed by atoms with E-state index in [1.165, 1.54) is 6.42 Å². The lowest BCUT2D eigenvalue weighted by atomic mass is 9.70. The van der Waals surface area contributed by atoms with Crippen LogP contribution in [0.2, 0.25) is 0 Å². The summed E-state index contributed by atoms with van der Waals surface area (Å²) in [4.78, 5) is 11.9. The van der Waals surface area contributed by atoms with E-state index in [4.69, 9.17) is 0 Å². The number of nitrogens with one attached hydrogen (secondary N) is 2. The molecule has 0 radical (unpaired) electrons. The van der Waals surface area contributed by atoms with Gasteiger partial charge < -0.3 is 10.6 Å². The van der Waals surface area contributed by atoms with Gasteiger partial charge in [-0.1, -0.05) is 13.3 Å². The Kier molecular flexibility index (Phi) is 2.72. The van der Waals surface area contributed by atoms with Crippen molar-refractivity contribution < 1.29 is 4.79 Å². The molecule has 0 aromatic rings. The maximum absolute atomic E-state index is 11.9. The van der Waals surface area contributed by atoms with Crippen LogP contribution in [0.15, 0.2) is 0 Å². The molecule has 3 nitrogen and oxygen atoms in total. The molecule has 3 fully saturated rings. The van der Waals surface area contributed by atoms with Crippen LogP contribution in [0.5, 0.6) is 0 Å². The third-order valence-corrected chi connectivity index (χ3v) is 4.39. The van der Waals surface area contributed by atoms with Crippen molar-refractivity contribution in [3.8, 4) is 0 Å². The summed E-state index contributed by atoms with van der Waals surface area (Å²) in [5.74, 6) is 1.79. The van der Waals surface area contributed by atoms with Crippen LogP contribution in [0.1, 0.15) is 26.2 Å². The van der Waals surface area contributed by atoms with Crippen LogP contribution in [-0.2, 0) is 4.79 Å². The normalized spacial score (nSPS) is 39.7. The standard InChI is InChI=1S/C11H18N2O.ClH/c1-11(3-2-4-11)10(14)13-9-7-5-12-6-8(7)9;/h7-9,12H,2-6H2,1H3,(H,13,14);1H/t7-,8+,9?;. The van der Waals surface area contributed by atoms with Crippen molar-refractivity contribution in [2.45, 2.75) is 32.2 Å². The zero-order chi connectivity index (χ0) is 9.76. The second-order valence-electron chi connectivity index (χ2n) is 5.40. The molecule has 0 aromatic heterocycles. The highest BCUT2D eigenvalue weighted by molar-refractivity contribution is 5.85. The summed E-state index contributed by atoms with van der Waals surface area (Å²) in [6.45, 7) is 4.31. The van der Waals surface area contributed by atoms with Crippen molar-refractivity contribution in [1.82, 2.24) is 10.6 Å². The van der Waals surface area contributed by atoms with Crippen LogP contribution in [0.25, 0.3) is 0 Å². The Balaban J connectivity index is 0.000000853. The topological polar surface area (TPSA) is 41.1 Å². The monoisotopic (exact) mass is 230 g/mol. The van der Waals surface area contributed by atoms with Gasteiger partial charge in [-0.05, 0) is 24.7 Å². The van der Waals surface area contributed by atoms with Crippen LogP contribution in [0.4, 0.5) is 0 Å². The Bertz CT molecular complexity index is 268. The van der Waals surface area contributed by atoms with Crippen molar-refractivity contribution in [3.05, 3.63) is 0 Å². The zero-order valence-corrected chi connectivity index (χ0v) is 9.90. The summed E-state index contributed by atoms with van der Waals surface area (Å²) in [5.41, 5.74) is -0.0235. The third-order valence-electron chi connectivity index (χ3n) is 4.39. The Hall–Kier alpha value is -0.280. The predicted octanol–water partition coefficient (Wildman–Crippen LogP) is 0.932. The van der Waals surface area contributed by atoms with Crippen LogP contribution in [0, 0.1) is 17.3 Å². The minimum atomic E-state index is -0.0235. The molecule has 1 aliphatic heterocycles. The van der Waals surface area contributed by atoms with Gasteiger partial charge in [-0.2, -0.15) is 0 Å². The summed E-state index contributed by atoms with van der Waals surface area (Å²) in [5, 5.41) is 6.56. The highest BCUT2D eigenvalue weighted by Gasteiger charge is 2.55.